The molecule has 17 heavy (non-hydrogen) atoms. The summed E-state index contributed by atoms with van der Waals surface area (Å²) in [5.41, 5.74) is 3.60. The van der Waals surface area contributed by atoms with E-state index in [0.717, 1.165) is 0 Å². The highest BCUT2D eigenvalue weighted by Gasteiger charge is 2.37. The first-order chi connectivity index (χ1) is 7.49. The van der Waals surface area contributed by atoms with Crippen LogP contribution in [-0.4, -0.2) is 29.2 Å². The Hall–Kier alpha value is -1.10. The van der Waals surface area contributed by atoms with Crippen LogP contribution in [-0.2, 0) is 14.3 Å². The number of ether oxygens (including phenoxy) is 1. The average Bonchev–Trinajstić information content (AvgIpc) is 2.11. The summed E-state index contributed by atoms with van der Waals surface area (Å²) in [6, 6.07) is 0. The molecule has 0 radical (unpaired) electrons. The molecular weight excluding hydrogens is 222 g/mol. The van der Waals surface area contributed by atoms with E-state index in [1.807, 2.05) is 13.8 Å². The van der Waals surface area contributed by atoms with Crippen LogP contribution in [0.15, 0.2) is 0 Å². The van der Waals surface area contributed by atoms with Crippen LogP contribution in [0.3, 0.4) is 0 Å². The number of carbonyl (C=O) groups excluding carboxylic acids is 1. The quantitative estimate of drug-likeness (QED) is 0.715. The maximum atomic E-state index is 11.5. The number of rotatable bonds is 5. The van der Waals surface area contributed by atoms with Crippen molar-refractivity contribution in [3.05, 3.63) is 0 Å². The van der Waals surface area contributed by atoms with E-state index in [0.29, 0.717) is 0 Å². The van der Waals surface area contributed by atoms with Crippen molar-refractivity contribution in [3.63, 3.8) is 0 Å². The van der Waals surface area contributed by atoms with Gasteiger partial charge in [-0.15, -0.1) is 0 Å². The largest absolute Gasteiger partial charge is 0.480 e. The fourth-order valence-corrected chi connectivity index (χ4v) is 1.35. The molecular formula is C12H23NO4. The summed E-state index contributed by atoms with van der Waals surface area (Å²) in [4.78, 5) is 22.7. The van der Waals surface area contributed by atoms with Crippen molar-refractivity contribution in [2.24, 2.45) is 17.1 Å². The van der Waals surface area contributed by atoms with Crippen LogP contribution in [0.4, 0.5) is 0 Å². The van der Waals surface area contributed by atoms with Gasteiger partial charge in [0.1, 0.15) is 12.1 Å². The number of carbonyl (C=O) groups is 2. The highest BCUT2D eigenvalue weighted by molar-refractivity contribution is 5.80. The lowest BCUT2D eigenvalue weighted by molar-refractivity contribution is -0.159. The average molecular weight is 245 g/mol. The summed E-state index contributed by atoms with van der Waals surface area (Å²) in [7, 11) is 0. The lowest BCUT2D eigenvalue weighted by Gasteiger charge is -2.27. The van der Waals surface area contributed by atoms with Gasteiger partial charge < -0.3 is 15.6 Å². The van der Waals surface area contributed by atoms with Crippen LogP contribution in [0.2, 0.25) is 0 Å². The van der Waals surface area contributed by atoms with Crippen molar-refractivity contribution in [2.45, 2.75) is 46.6 Å². The minimum absolute atomic E-state index is 0.115. The zero-order valence-electron chi connectivity index (χ0n) is 11.2. The molecule has 0 aliphatic rings. The highest BCUT2D eigenvalue weighted by Crippen LogP contribution is 2.19. The lowest BCUT2D eigenvalue weighted by atomic mass is 9.90. The predicted octanol–water partition coefficient (Wildman–Crippen LogP) is 1.40. The van der Waals surface area contributed by atoms with Gasteiger partial charge in [-0.25, -0.2) is 0 Å². The van der Waals surface area contributed by atoms with Crippen LogP contribution in [0, 0.1) is 11.3 Å². The zero-order chi connectivity index (χ0) is 13.9. The normalized spacial score (nSPS) is 15.5. The minimum Gasteiger partial charge on any atom is -0.480 e. The van der Waals surface area contributed by atoms with Gasteiger partial charge in [0, 0.05) is 0 Å². The SMILES string of the molecule is CC(C)C[C@](N)(COC(=O)C(C)(C)C)C(=O)O. The number of aliphatic carboxylic acids is 1. The predicted molar refractivity (Wildman–Crippen MR) is 64.4 cm³/mol. The number of hydrogen-bond acceptors (Lipinski definition) is 4. The third kappa shape index (κ3) is 5.17. The molecule has 3 N–H and O–H groups in total. The molecule has 0 spiro atoms. The zero-order valence-corrected chi connectivity index (χ0v) is 11.2. The molecule has 0 rings (SSSR count). The van der Waals surface area contributed by atoms with Crippen molar-refractivity contribution in [1.29, 1.82) is 0 Å². The van der Waals surface area contributed by atoms with E-state index in [1.165, 1.54) is 0 Å². The Labute approximate surface area is 102 Å². The van der Waals surface area contributed by atoms with E-state index in [1.54, 1.807) is 20.8 Å². The molecule has 0 aromatic rings. The topological polar surface area (TPSA) is 89.6 Å². The second-order valence-electron chi connectivity index (χ2n) is 5.89. The van der Waals surface area contributed by atoms with E-state index in [-0.39, 0.29) is 18.9 Å². The molecule has 0 unspecified atom stereocenters. The van der Waals surface area contributed by atoms with Crippen molar-refractivity contribution in [1.82, 2.24) is 0 Å². The van der Waals surface area contributed by atoms with Gasteiger partial charge in [-0.1, -0.05) is 13.8 Å². The van der Waals surface area contributed by atoms with E-state index in [4.69, 9.17) is 15.6 Å². The molecule has 0 fully saturated rings. The number of hydrogen-bond donors (Lipinski definition) is 2. The second kappa shape index (κ2) is 5.49. The summed E-state index contributed by atoms with van der Waals surface area (Å²) in [6.45, 7) is 8.56. The van der Waals surface area contributed by atoms with Crippen molar-refractivity contribution in [2.75, 3.05) is 6.61 Å². The Bertz CT molecular complexity index is 293. The monoisotopic (exact) mass is 245 g/mol. The molecule has 0 aromatic carbocycles. The Kier molecular flexibility index (Phi) is 5.13. The molecule has 0 saturated heterocycles. The maximum absolute atomic E-state index is 11.5. The summed E-state index contributed by atoms with van der Waals surface area (Å²) in [6.07, 6.45) is 0.264. The molecule has 0 aromatic heterocycles. The van der Waals surface area contributed by atoms with Crippen LogP contribution >= 0.6 is 0 Å². The minimum atomic E-state index is -1.50. The summed E-state index contributed by atoms with van der Waals surface area (Å²) in [5, 5.41) is 9.08. The molecule has 0 bridgehead atoms. The standard InChI is InChI=1S/C12H23NO4/c1-8(2)6-12(13,9(14)15)7-17-10(16)11(3,4)5/h8H,6-7,13H2,1-5H3,(H,14,15)/t12-/m0/s1. The third-order valence-electron chi connectivity index (χ3n) is 2.27. The Morgan fingerprint density at radius 1 is 1.29 bits per heavy atom. The molecule has 0 heterocycles. The number of carboxylic acid groups (broad SMARTS) is 1. The van der Waals surface area contributed by atoms with Gasteiger partial charge in [0.15, 0.2) is 0 Å². The van der Waals surface area contributed by atoms with E-state index in [2.05, 4.69) is 0 Å². The first kappa shape index (κ1) is 15.9. The first-order valence-corrected chi connectivity index (χ1v) is 5.68. The van der Waals surface area contributed by atoms with Crippen molar-refractivity contribution < 1.29 is 19.4 Å². The molecule has 100 valence electrons. The van der Waals surface area contributed by atoms with Gasteiger partial charge in [0.05, 0.1) is 5.41 Å². The molecule has 0 saturated carbocycles. The maximum Gasteiger partial charge on any atom is 0.327 e. The van der Waals surface area contributed by atoms with Gasteiger partial charge in [-0.2, -0.15) is 0 Å². The van der Waals surface area contributed by atoms with Crippen LogP contribution in [0.1, 0.15) is 41.0 Å². The van der Waals surface area contributed by atoms with Gasteiger partial charge in [-0.3, -0.25) is 9.59 Å². The Morgan fingerprint density at radius 3 is 2.06 bits per heavy atom. The Balaban J connectivity index is 4.59. The summed E-state index contributed by atoms with van der Waals surface area (Å²) >= 11 is 0. The van der Waals surface area contributed by atoms with Crippen LogP contribution < -0.4 is 5.73 Å². The molecule has 0 aliphatic heterocycles. The molecule has 5 nitrogen and oxygen atoms in total. The molecule has 0 aliphatic carbocycles. The van der Waals surface area contributed by atoms with E-state index < -0.39 is 22.9 Å². The van der Waals surface area contributed by atoms with Crippen molar-refractivity contribution >= 4 is 11.9 Å². The van der Waals surface area contributed by atoms with E-state index >= 15 is 0 Å². The third-order valence-corrected chi connectivity index (χ3v) is 2.27. The lowest BCUT2D eigenvalue weighted by Crippen LogP contribution is -2.53. The molecule has 5 heteroatoms. The smallest absolute Gasteiger partial charge is 0.327 e. The van der Waals surface area contributed by atoms with Gasteiger partial charge in [-0.05, 0) is 33.1 Å². The molecule has 1 atom stereocenters. The summed E-state index contributed by atoms with van der Waals surface area (Å²) in [5.74, 6) is -1.48. The molecule has 0 amide bonds. The van der Waals surface area contributed by atoms with Gasteiger partial charge in [0.25, 0.3) is 0 Å². The number of nitrogens with two attached hydrogens (primary N) is 1. The van der Waals surface area contributed by atoms with E-state index in [9.17, 15) is 9.59 Å². The number of esters is 1. The fourth-order valence-electron chi connectivity index (χ4n) is 1.35. The Morgan fingerprint density at radius 2 is 1.76 bits per heavy atom. The first-order valence-electron chi connectivity index (χ1n) is 5.68. The summed E-state index contributed by atoms with van der Waals surface area (Å²) < 4.78 is 4.99. The van der Waals surface area contributed by atoms with Gasteiger partial charge >= 0.3 is 11.9 Å². The van der Waals surface area contributed by atoms with Crippen LogP contribution in [0.5, 0.6) is 0 Å². The van der Waals surface area contributed by atoms with Crippen LogP contribution in [0.25, 0.3) is 0 Å². The fraction of sp³-hybridized carbons (Fsp3) is 0.833. The van der Waals surface area contributed by atoms with Crippen molar-refractivity contribution in [3.8, 4) is 0 Å². The number of carboxylic acids is 1. The van der Waals surface area contributed by atoms with Gasteiger partial charge in [0.2, 0.25) is 0 Å². The highest BCUT2D eigenvalue weighted by atomic mass is 16.5. The second-order valence-corrected chi connectivity index (χ2v) is 5.89.